The number of carbonyl (C=O) groups excluding carboxylic acids is 1. The standard InChI is InChI=1S/C21H30N2O3.ClH/c1-25-18-5-6-19-15(14-18)7-12-26-21(19)8-10-23(11-9-21)20(24)16-3-2-4-17(22)13-16;/h5-6,14,16-17H,2-4,7-13,22H2,1H3;1H/t16-,17+;/m1./s1. The summed E-state index contributed by atoms with van der Waals surface area (Å²) in [7, 11) is 1.71. The highest BCUT2D eigenvalue weighted by Gasteiger charge is 2.42. The maximum absolute atomic E-state index is 12.9. The van der Waals surface area contributed by atoms with Crippen LogP contribution in [0.1, 0.15) is 49.7 Å². The molecule has 2 aliphatic heterocycles. The Bertz CT molecular complexity index is 673. The molecule has 27 heavy (non-hydrogen) atoms. The largest absolute Gasteiger partial charge is 0.497 e. The highest BCUT2D eigenvalue weighted by atomic mass is 35.5. The molecule has 4 rings (SSSR count). The average Bonchev–Trinajstić information content (AvgIpc) is 2.68. The van der Waals surface area contributed by atoms with Crippen molar-refractivity contribution in [1.82, 2.24) is 4.90 Å². The minimum atomic E-state index is -0.237. The summed E-state index contributed by atoms with van der Waals surface area (Å²) < 4.78 is 11.7. The zero-order valence-electron chi connectivity index (χ0n) is 16.1. The molecule has 2 N–H and O–H groups in total. The second kappa shape index (κ2) is 8.38. The summed E-state index contributed by atoms with van der Waals surface area (Å²) in [6.07, 6.45) is 6.64. The van der Waals surface area contributed by atoms with Crippen LogP contribution in [0.3, 0.4) is 0 Å². The summed E-state index contributed by atoms with van der Waals surface area (Å²) in [4.78, 5) is 15.0. The molecule has 0 radical (unpaired) electrons. The van der Waals surface area contributed by atoms with Crippen LogP contribution in [0.5, 0.6) is 5.75 Å². The maximum atomic E-state index is 12.9. The fraction of sp³-hybridized carbons (Fsp3) is 0.667. The van der Waals surface area contributed by atoms with Crippen molar-refractivity contribution in [3.63, 3.8) is 0 Å². The molecule has 3 aliphatic rings. The van der Waals surface area contributed by atoms with Crippen molar-refractivity contribution in [3.8, 4) is 5.75 Å². The summed E-state index contributed by atoms with van der Waals surface area (Å²) in [5.74, 6) is 1.33. The first kappa shape index (κ1) is 20.4. The molecule has 1 saturated heterocycles. The summed E-state index contributed by atoms with van der Waals surface area (Å²) in [5.41, 5.74) is 8.46. The predicted molar refractivity (Wildman–Crippen MR) is 107 cm³/mol. The Balaban J connectivity index is 0.00000210. The zero-order chi connectivity index (χ0) is 18.1. The maximum Gasteiger partial charge on any atom is 0.225 e. The third-order valence-corrected chi connectivity index (χ3v) is 6.50. The van der Waals surface area contributed by atoms with Crippen LogP contribution in [0, 0.1) is 5.92 Å². The number of piperidine rings is 1. The number of benzene rings is 1. The molecule has 1 aromatic rings. The highest BCUT2D eigenvalue weighted by Crippen LogP contribution is 2.43. The van der Waals surface area contributed by atoms with Gasteiger partial charge in [-0.25, -0.2) is 0 Å². The number of halogens is 1. The number of likely N-dealkylation sites (tertiary alicyclic amines) is 1. The molecule has 1 saturated carbocycles. The number of carbonyl (C=O) groups is 1. The number of ether oxygens (including phenoxy) is 2. The van der Waals surface area contributed by atoms with Crippen LogP contribution >= 0.6 is 12.4 Å². The quantitative estimate of drug-likeness (QED) is 0.837. The zero-order valence-corrected chi connectivity index (χ0v) is 16.9. The number of hydrogen-bond donors (Lipinski definition) is 1. The molecular formula is C21H31ClN2O3. The van der Waals surface area contributed by atoms with Gasteiger partial charge in [-0.3, -0.25) is 4.79 Å². The minimum Gasteiger partial charge on any atom is -0.497 e. The molecule has 1 aliphatic carbocycles. The smallest absolute Gasteiger partial charge is 0.225 e. The lowest BCUT2D eigenvalue weighted by Crippen LogP contribution is -2.50. The first-order valence-corrected chi connectivity index (χ1v) is 9.97. The lowest BCUT2D eigenvalue weighted by Gasteiger charge is -2.46. The van der Waals surface area contributed by atoms with Gasteiger partial charge in [-0.15, -0.1) is 12.4 Å². The van der Waals surface area contributed by atoms with Gasteiger partial charge >= 0.3 is 0 Å². The summed E-state index contributed by atoms with van der Waals surface area (Å²) in [5, 5.41) is 0. The van der Waals surface area contributed by atoms with E-state index in [9.17, 15) is 4.79 Å². The van der Waals surface area contributed by atoms with Crippen molar-refractivity contribution in [3.05, 3.63) is 29.3 Å². The van der Waals surface area contributed by atoms with E-state index in [1.165, 1.54) is 11.1 Å². The summed E-state index contributed by atoms with van der Waals surface area (Å²) in [6, 6.07) is 6.51. The molecular weight excluding hydrogens is 364 g/mol. The molecule has 6 heteroatoms. The molecule has 2 atom stereocenters. The van der Waals surface area contributed by atoms with Gasteiger partial charge in [0, 0.05) is 25.0 Å². The van der Waals surface area contributed by atoms with E-state index in [2.05, 4.69) is 17.0 Å². The van der Waals surface area contributed by atoms with Crippen molar-refractivity contribution in [2.75, 3.05) is 26.8 Å². The van der Waals surface area contributed by atoms with Crippen LogP contribution in [-0.4, -0.2) is 43.7 Å². The fourth-order valence-corrected chi connectivity index (χ4v) is 4.99. The van der Waals surface area contributed by atoms with Gasteiger partial charge in [0.15, 0.2) is 0 Å². The Morgan fingerprint density at radius 1 is 1.30 bits per heavy atom. The molecule has 2 heterocycles. The van der Waals surface area contributed by atoms with Gasteiger partial charge in [-0.1, -0.05) is 12.5 Å². The molecule has 5 nitrogen and oxygen atoms in total. The Labute approximate surface area is 168 Å². The van der Waals surface area contributed by atoms with Gasteiger partial charge in [-0.2, -0.15) is 0 Å². The van der Waals surface area contributed by atoms with E-state index in [1.54, 1.807) is 7.11 Å². The van der Waals surface area contributed by atoms with Crippen molar-refractivity contribution in [2.24, 2.45) is 11.7 Å². The fourth-order valence-electron chi connectivity index (χ4n) is 4.99. The van der Waals surface area contributed by atoms with Crippen molar-refractivity contribution in [1.29, 1.82) is 0 Å². The van der Waals surface area contributed by atoms with Gasteiger partial charge < -0.3 is 20.1 Å². The molecule has 1 aromatic carbocycles. The Morgan fingerprint density at radius 3 is 2.78 bits per heavy atom. The molecule has 0 bridgehead atoms. The number of nitrogens with zero attached hydrogens (tertiary/aromatic N) is 1. The number of fused-ring (bicyclic) bond motifs is 2. The van der Waals surface area contributed by atoms with E-state index < -0.39 is 0 Å². The average molecular weight is 395 g/mol. The Hall–Kier alpha value is -1.30. The van der Waals surface area contributed by atoms with Crippen molar-refractivity contribution >= 4 is 18.3 Å². The van der Waals surface area contributed by atoms with Crippen molar-refractivity contribution in [2.45, 2.75) is 56.6 Å². The van der Waals surface area contributed by atoms with Gasteiger partial charge in [-0.05, 0) is 61.8 Å². The molecule has 150 valence electrons. The number of amides is 1. The normalized spacial score (nSPS) is 26.8. The first-order chi connectivity index (χ1) is 12.6. The highest BCUT2D eigenvalue weighted by molar-refractivity contribution is 5.85. The van der Waals surface area contributed by atoms with E-state index in [-0.39, 0.29) is 30.0 Å². The van der Waals surface area contributed by atoms with Gasteiger partial charge in [0.25, 0.3) is 0 Å². The van der Waals surface area contributed by atoms with E-state index in [0.717, 1.165) is 70.4 Å². The van der Waals surface area contributed by atoms with Crippen LogP contribution in [-0.2, 0) is 21.6 Å². The Kier molecular flexibility index (Phi) is 6.34. The number of methoxy groups -OCH3 is 1. The van der Waals surface area contributed by atoms with Crippen LogP contribution < -0.4 is 10.5 Å². The molecule has 0 unspecified atom stereocenters. The van der Waals surface area contributed by atoms with E-state index in [1.807, 2.05) is 6.07 Å². The number of hydrogen-bond acceptors (Lipinski definition) is 4. The topological polar surface area (TPSA) is 64.8 Å². The number of rotatable bonds is 2. The van der Waals surface area contributed by atoms with Crippen LogP contribution in [0.4, 0.5) is 0 Å². The lowest BCUT2D eigenvalue weighted by atomic mass is 9.78. The summed E-state index contributed by atoms with van der Waals surface area (Å²) >= 11 is 0. The third kappa shape index (κ3) is 3.96. The lowest BCUT2D eigenvalue weighted by molar-refractivity contribution is -0.145. The first-order valence-electron chi connectivity index (χ1n) is 9.97. The minimum absolute atomic E-state index is 0. The van der Waals surface area contributed by atoms with E-state index >= 15 is 0 Å². The SMILES string of the molecule is COc1ccc2c(c1)CCOC21CCN(C(=O)[C@@H]2CCC[C@H](N)C2)CC1.Cl. The predicted octanol–water partition coefficient (Wildman–Crippen LogP) is 3.02. The monoisotopic (exact) mass is 394 g/mol. The summed E-state index contributed by atoms with van der Waals surface area (Å²) in [6.45, 7) is 2.29. The van der Waals surface area contributed by atoms with Gasteiger partial charge in [0.05, 0.1) is 19.3 Å². The van der Waals surface area contributed by atoms with Crippen LogP contribution in [0.2, 0.25) is 0 Å². The Morgan fingerprint density at radius 2 is 2.07 bits per heavy atom. The molecule has 1 amide bonds. The molecule has 2 fully saturated rings. The van der Waals surface area contributed by atoms with Gasteiger partial charge in [0.1, 0.15) is 5.75 Å². The van der Waals surface area contributed by atoms with Crippen LogP contribution in [0.25, 0.3) is 0 Å². The second-order valence-corrected chi connectivity index (χ2v) is 8.06. The molecule has 0 aromatic heterocycles. The third-order valence-electron chi connectivity index (χ3n) is 6.50. The van der Waals surface area contributed by atoms with Crippen LogP contribution in [0.15, 0.2) is 18.2 Å². The second-order valence-electron chi connectivity index (χ2n) is 8.06. The number of nitrogens with two attached hydrogens (primary N) is 1. The van der Waals surface area contributed by atoms with E-state index in [0.29, 0.717) is 5.91 Å². The molecule has 1 spiro atoms. The van der Waals surface area contributed by atoms with E-state index in [4.69, 9.17) is 15.2 Å². The van der Waals surface area contributed by atoms with Crippen molar-refractivity contribution < 1.29 is 14.3 Å². The van der Waals surface area contributed by atoms with Gasteiger partial charge in [0.2, 0.25) is 5.91 Å².